The number of nitrogens with zero attached hydrogens (tertiary/aromatic N) is 1. The molecule has 0 spiro atoms. The molecule has 0 saturated carbocycles. The number of hydrogen-bond acceptors (Lipinski definition) is 2. The second kappa shape index (κ2) is 7.38. The lowest BCUT2D eigenvalue weighted by molar-refractivity contribution is -0.115. The van der Waals surface area contributed by atoms with Crippen molar-refractivity contribution >= 4 is 11.6 Å². The van der Waals surface area contributed by atoms with Crippen molar-refractivity contribution in [2.24, 2.45) is 0 Å². The SMILES string of the molecule is O=C(Cc1ccccc1F)Nc1cccc(CN2CCCC2)c1. The van der Waals surface area contributed by atoms with Gasteiger partial charge in [-0.1, -0.05) is 30.3 Å². The lowest BCUT2D eigenvalue weighted by atomic mass is 10.1. The Bertz CT molecular complexity index is 681. The Morgan fingerprint density at radius 2 is 1.87 bits per heavy atom. The summed E-state index contributed by atoms with van der Waals surface area (Å²) in [5, 5.41) is 2.86. The Morgan fingerprint density at radius 3 is 2.65 bits per heavy atom. The normalized spacial score (nSPS) is 14.8. The van der Waals surface area contributed by atoms with Gasteiger partial charge in [0.15, 0.2) is 0 Å². The van der Waals surface area contributed by atoms with E-state index in [1.54, 1.807) is 18.2 Å². The van der Waals surface area contributed by atoms with Crippen molar-refractivity contribution in [2.45, 2.75) is 25.8 Å². The van der Waals surface area contributed by atoms with Crippen molar-refractivity contribution in [1.82, 2.24) is 4.90 Å². The van der Waals surface area contributed by atoms with E-state index >= 15 is 0 Å². The average molecular weight is 312 g/mol. The maximum Gasteiger partial charge on any atom is 0.228 e. The Morgan fingerprint density at radius 1 is 1.09 bits per heavy atom. The molecule has 1 fully saturated rings. The van der Waals surface area contributed by atoms with E-state index in [1.165, 1.54) is 24.5 Å². The fourth-order valence-electron chi connectivity index (χ4n) is 2.97. The van der Waals surface area contributed by atoms with Gasteiger partial charge in [-0.25, -0.2) is 4.39 Å². The van der Waals surface area contributed by atoms with Gasteiger partial charge in [0.05, 0.1) is 6.42 Å². The van der Waals surface area contributed by atoms with Gasteiger partial charge in [-0.05, 0) is 55.3 Å². The van der Waals surface area contributed by atoms with Crippen LogP contribution < -0.4 is 5.32 Å². The van der Waals surface area contributed by atoms with Gasteiger partial charge in [0.1, 0.15) is 5.82 Å². The topological polar surface area (TPSA) is 32.3 Å². The molecule has 1 heterocycles. The van der Waals surface area contributed by atoms with Crippen LogP contribution in [0.5, 0.6) is 0 Å². The number of carbonyl (C=O) groups is 1. The van der Waals surface area contributed by atoms with Gasteiger partial charge in [-0.2, -0.15) is 0 Å². The predicted octanol–water partition coefficient (Wildman–Crippen LogP) is 3.60. The first-order valence-corrected chi connectivity index (χ1v) is 8.05. The van der Waals surface area contributed by atoms with Gasteiger partial charge in [-0.15, -0.1) is 0 Å². The molecule has 3 nitrogen and oxygen atoms in total. The molecule has 0 radical (unpaired) electrons. The second-order valence-corrected chi connectivity index (χ2v) is 6.00. The summed E-state index contributed by atoms with van der Waals surface area (Å²) in [4.78, 5) is 14.5. The summed E-state index contributed by atoms with van der Waals surface area (Å²) in [7, 11) is 0. The first kappa shape index (κ1) is 15.7. The molecule has 0 atom stereocenters. The van der Waals surface area contributed by atoms with Crippen molar-refractivity contribution in [2.75, 3.05) is 18.4 Å². The number of amides is 1. The van der Waals surface area contributed by atoms with E-state index in [4.69, 9.17) is 0 Å². The molecule has 0 aromatic heterocycles. The number of nitrogens with one attached hydrogen (secondary N) is 1. The van der Waals surface area contributed by atoms with Crippen LogP contribution >= 0.6 is 0 Å². The molecule has 0 unspecified atom stereocenters. The molecule has 1 aliphatic rings. The van der Waals surface area contributed by atoms with Crippen LogP contribution in [-0.4, -0.2) is 23.9 Å². The number of benzene rings is 2. The number of anilines is 1. The van der Waals surface area contributed by atoms with E-state index in [2.05, 4.69) is 16.3 Å². The zero-order valence-electron chi connectivity index (χ0n) is 13.1. The van der Waals surface area contributed by atoms with Crippen LogP contribution in [0.15, 0.2) is 48.5 Å². The fraction of sp³-hybridized carbons (Fsp3) is 0.316. The monoisotopic (exact) mass is 312 g/mol. The van der Waals surface area contributed by atoms with Crippen LogP contribution in [0.1, 0.15) is 24.0 Å². The van der Waals surface area contributed by atoms with Gasteiger partial charge < -0.3 is 5.32 Å². The van der Waals surface area contributed by atoms with Gasteiger partial charge >= 0.3 is 0 Å². The Labute approximate surface area is 136 Å². The Balaban J connectivity index is 1.61. The number of likely N-dealkylation sites (tertiary alicyclic amines) is 1. The number of carbonyl (C=O) groups excluding carboxylic acids is 1. The summed E-state index contributed by atoms with van der Waals surface area (Å²) >= 11 is 0. The summed E-state index contributed by atoms with van der Waals surface area (Å²) < 4.78 is 13.6. The van der Waals surface area contributed by atoms with E-state index in [0.29, 0.717) is 5.56 Å². The predicted molar refractivity (Wildman–Crippen MR) is 89.7 cm³/mol. The van der Waals surface area contributed by atoms with E-state index in [1.807, 2.05) is 18.2 Å². The minimum Gasteiger partial charge on any atom is -0.326 e. The summed E-state index contributed by atoms with van der Waals surface area (Å²) in [6.45, 7) is 3.20. The maximum absolute atomic E-state index is 13.6. The van der Waals surface area contributed by atoms with E-state index in [-0.39, 0.29) is 18.1 Å². The first-order chi connectivity index (χ1) is 11.2. The van der Waals surface area contributed by atoms with E-state index < -0.39 is 0 Å². The Kier molecular flexibility index (Phi) is 5.03. The molecule has 120 valence electrons. The lowest BCUT2D eigenvalue weighted by Gasteiger charge is -2.15. The van der Waals surface area contributed by atoms with Gasteiger partial charge in [0.2, 0.25) is 5.91 Å². The summed E-state index contributed by atoms with van der Waals surface area (Å²) in [5.41, 5.74) is 2.37. The highest BCUT2D eigenvalue weighted by Crippen LogP contribution is 2.16. The minimum atomic E-state index is -0.342. The molecular weight excluding hydrogens is 291 g/mol. The average Bonchev–Trinajstić information content (AvgIpc) is 3.03. The third-order valence-electron chi connectivity index (χ3n) is 4.12. The van der Waals surface area contributed by atoms with E-state index in [9.17, 15) is 9.18 Å². The molecule has 4 heteroatoms. The van der Waals surface area contributed by atoms with Crippen LogP contribution in [0.2, 0.25) is 0 Å². The third-order valence-corrected chi connectivity index (χ3v) is 4.12. The van der Waals surface area contributed by atoms with Crippen molar-refractivity contribution in [3.05, 3.63) is 65.5 Å². The molecule has 1 amide bonds. The van der Waals surface area contributed by atoms with Crippen molar-refractivity contribution in [1.29, 1.82) is 0 Å². The highest BCUT2D eigenvalue weighted by atomic mass is 19.1. The molecule has 23 heavy (non-hydrogen) atoms. The van der Waals surface area contributed by atoms with Crippen LogP contribution in [0.4, 0.5) is 10.1 Å². The Hall–Kier alpha value is -2.20. The van der Waals surface area contributed by atoms with E-state index in [0.717, 1.165) is 25.3 Å². The molecule has 0 aliphatic carbocycles. The van der Waals surface area contributed by atoms with Crippen LogP contribution in [0.25, 0.3) is 0 Å². The van der Waals surface area contributed by atoms with Crippen molar-refractivity contribution in [3.63, 3.8) is 0 Å². The van der Waals surface area contributed by atoms with Gasteiger partial charge in [-0.3, -0.25) is 9.69 Å². The maximum atomic E-state index is 13.6. The molecule has 3 rings (SSSR count). The summed E-state index contributed by atoms with van der Waals surface area (Å²) in [6.07, 6.45) is 2.57. The zero-order chi connectivity index (χ0) is 16.1. The summed E-state index contributed by atoms with van der Waals surface area (Å²) in [6, 6.07) is 14.3. The van der Waals surface area contributed by atoms with Crippen LogP contribution in [0.3, 0.4) is 0 Å². The van der Waals surface area contributed by atoms with Crippen LogP contribution in [0, 0.1) is 5.82 Å². The van der Waals surface area contributed by atoms with Gasteiger partial charge in [0, 0.05) is 12.2 Å². The first-order valence-electron chi connectivity index (χ1n) is 8.05. The van der Waals surface area contributed by atoms with Crippen LogP contribution in [-0.2, 0) is 17.8 Å². The number of hydrogen-bond donors (Lipinski definition) is 1. The summed E-state index contributed by atoms with van der Waals surface area (Å²) in [5.74, 6) is -0.543. The highest BCUT2D eigenvalue weighted by molar-refractivity contribution is 5.92. The smallest absolute Gasteiger partial charge is 0.228 e. The number of halogens is 1. The standard InChI is InChI=1S/C19H21FN2O/c20-18-9-2-1-7-16(18)13-19(23)21-17-8-5-6-15(12-17)14-22-10-3-4-11-22/h1-2,5-9,12H,3-4,10-11,13-14H2,(H,21,23). The second-order valence-electron chi connectivity index (χ2n) is 6.00. The van der Waals surface area contributed by atoms with Crippen molar-refractivity contribution in [3.8, 4) is 0 Å². The zero-order valence-corrected chi connectivity index (χ0v) is 13.1. The van der Waals surface area contributed by atoms with Crippen molar-refractivity contribution < 1.29 is 9.18 Å². The highest BCUT2D eigenvalue weighted by Gasteiger charge is 2.12. The molecule has 1 saturated heterocycles. The molecule has 2 aromatic carbocycles. The minimum absolute atomic E-state index is 0.0447. The largest absolute Gasteiger partial charge is 0.326 e. The molecular formula is C19H21FN2O. The molecule has 0 bridgehead atoms. The molecule has 1 N–H and O–H groups in total. The molecule has 1 aliphatic heterocycles. The molecule has 2 aromatic rings. The fourth-order valence-corrected chi connectivity index (χ4v) is 2.97. The third kappa shape index (κ3) is 4.39. The lowest BCUT2D eigenvalue weighted by Crippen LogP contribution is -2.19. The quantitative estimate of drug-likeness (QED) is 0.915. The number of rotatable bonds is 5. The van der Waals surface area contributed by atoms with Gasteiger partial charge in [0.25, 0.3) is 0 Å².